The van der Waals surface area contributed by atoms with Crippen molar-refractivity contribution in [2.24, 2.45) is 11.7 Å². The van der Waals surface area contributed by atoms with Crippen molar-refractivity contribution in [2.45, 2.75) is 110 Å². The fraction of sp³-hybridized carbons (Fsp3) is 0.382. The minimum absolute atomic E-state index is 0.00144. The van der Waals surface area contributed by atoms with E-state index in [2.05, 4.69) is 45.5 Å². The largest absolute Gasteiger partial charge is 0.445 e. The fourth-order valence-electron chi connectivity index (χ4n) is 13.1. The molecule has 27 heteroatoms. The quantitative estimate of drug-likeness (QED) is 0.0190. The molecule has 4 aliphatic heterocycles. The van der Waals surface area contributed by atoms with Gasteiger partial charge >= 0.3 is 12.1 Å². The summed E-state index contributed by atoms with van der Waals surface area (Å²) in [6.07, 6.45) is 17.5. The summed E-state index contributed by atoms with van der Waals surface area (Å²) in [6.45, 7) is 6.97. The number of nitrogens with two attached hydrogens (primary N) is 1. The molecule has 13 amide bonds. The standard InChI is InChI=1S/C76H88N14O13/c1-49(2)68(82-62(91)22-7-6-9-40-88-64(93)32-33-65(88)94)70(96)81-59(21-13-34-79-75(77)101)69(95)80-52-26-24-51(25-27-52)47-103-76(102)84(5)37-14-23-63(92)85(43-45-90-72(98)56-20-12-18-54-61(87-41-35-78-48-87)31-29-58(67(54)56)74(90)100)39-15-36-83(4)42-44-89-71(97)55-19-11-17-53-60(30-28-57(66(53)55)73(89)99)86-38-10-8-16-50(3)46-86/h10-12,17-20,24-33,35,38,41,46,48-49,59,68H,6-9,13-16,21-23,34,36-37,39-40,42-45,47H2,1-5H3,(H,80,95)(H,81,96)(H,82,91)(H3,77,79,101). The number of imide groups is 3. The van der Waals surface area contributed by atoms with Crippen molar-refractivity contribution >= 4 is 104 Å². The Balaban J connectivity index is 0.720. The lowest BCUT2D eigenvalue weighted by molar-refractivity contribution is -0.137. The Morgan fingerprint density at radius 3 is 1.92 bits per heavy atom. The van der Waals surface area contributed by atoms with Crippen molar-refractivity contribution in [3.8, 4) is 5.69 Å². The number of nitrogens with zero attached hydrogens (tertiary/aromatic N) is 9. The summed E-state index contributed by atoms with van der Waals surface area (Å²) in [5, 5.41) is 13.5. The monoisotopic (exact) mass is 1400 g/mol. The number of nitrogens with one attached hydrogen (secondary N) is 4. The number of allylic oxidation sites excluding steroid dienone is 2. The zero-order valence-electron chi connectivity index (χ0n) is 58.7. The van der Waals surface area contributed by atoms with Crippen molar-refractivity contribution in [2.75, 3.05) is 83.2 Å². The van der Waals surface area contributed by atoms with Crippen LogP contribution in [0.2, 0.25) is 0 Å². The summed E-state index contributed by atoms with van der Waals surface area (Å²) in [6, 6.07) is 21.7. The Morgan fingerprint density at radius 1 is 0.641 bits per heavy atom. The molecular formula is C76H88N14O13. The highest BCUT2D eigenvalue weighted by Gasteiger charge is 2.37. The van der Waals surface area contributed by atoms with Crippen LogP contribution in [0.5, 0.6) is 0 Å². The highest BCUT2D eigenvalue weighted by atomic mass is 16.6. The molecule has 0 radical (unpaired) electrons. The first-order valence-corrected chi connectivity index (χ1v) is 34.9. The first-order valence-electron chi connectivity index (χ1n) is 34.9. The fourth-order valence-corrected chi connectivity index (χ4v) is 13.1. The van der Waals surface area contributed by atoms with Crippen LogP contribution in [0.25, 0.3) is 27.2 Å². The number of unbranched alkanes of at least 4 members (excludes halogenated alkanes) is 2. The predicted molar refractivity (Wildman–Crippen MR) is 386 cm³/mol. The van der Waals surface area contributed by atoms with Gasteiger partial charge < -0.3 is 55.9 Å². The number of aromatic nitrogens is 2. The van der Waals surface area contributed by atoms with Crippen molar-refractivity contribution in [3.05, 3.63) is 168 Å². The predicted octanol–water partition coefficient (Wildman–Crippen LogP) is 7.79. The van der Waals surface area contributed by atoms with E-state index in [9.17, 15) is 57.5 Å². The second-order valence-electron chi connectivity index (χ2n) is 26.6. The molecule has 6 aromatic rings. The Morgan fingerprint density at radius 2 is 1.28 bits per heavy atom. The van der Waals surface area contributed by atoms with E-state index < -0.39 is 47.8 Å². The van der Waals surface area contributed by atoms with Gasteiger partial charge in [-0.25, -0.2) is 14.6 Å². The van der Waals surface area contributed by atoms with E-state index in [4.69, 9.17) is 10.5 Å². The summed E-state index contributed by atoms with van der Waals surface area (Å²) in [5.41, 5.74) is 10.6. The molecule has 5 heterocycles. The maximum Gasteiger partial charge on any atom is 0.409 e. The minimum Gasteiger partial charge on any atom is -0.445 e. The summed E-state index contributed by atoms with van der Waals surface area (Å²) in [5.74, 6) is -4.68. The van der Waals surface area contributed by atoms with Gasteiger partial charge in [-0.15, -0.1) is 0 Å². The molecule has 6 N–H and O–H groups in total. The number of urea groups is 1. The number of ether oxygens (including phenoxy) is 1. The van der Waals surface area contributed by atoms with Gasteiger partial charge in [0.05, 0.1) is 17.7 Å². The first kappa shape index (κ1) is 74.3. The third-order valence-electron chi connectivity index (χ3n) is 18.8. The molecular weight excluding hydrogens is 1320 g/mol. The molecule has 540 valence electrons. The number of primary amides is 1. The van der Waals surface area contributed by atoms with E-state index in [0.29, 0.717) is 88.4 Å². The second kappa shape index (κ2) is 34.3. The van der Waals surface area contributed by atoms with Gasteiger partial charge in [-0.3, -0.25) is 62.6 Å². The minimum atomic E-state index is -1.10. The number of rotatable bonds is 34. The lowest BCUT2D eigenvalue weighted by Gasteiger charge is -2.31. The van der Waals surface area contributed by atoms with Crippen molar-refractivity contribution in [3.63, 3.8) is 0 Å². The molecule has 4 aliphatic rings. The number of hydrogen-bond acceptors (Lipinski definition) is 16. The lowest BCUT2D eigenvalue weighted by Crippen LogP contribution is -2.54. The maximum absolute atomic E-state index is 14.4. The molecule has 5 aromatic carbocycles. The van der Waals surface area contributed by atoms with Crippen molar-refractivity contribution < 1.29 is 62.3 Å². The van der Waals surface area contributed by atoms with Gasteiger partial charge in [0.15, 0.2) is 0 Å². The number of hydrogen-bond donors (Lipinski definition) is 5. The third-order valence-corrected chi connectivity index (χ3v) is 18.8. The SMILES string of the molecule is CC1=CN(c2ccc3c4c(cccc24)C(=O)N(CCN(C)CCCN(CCN2C(=O)c4cccc5c(-n6ccnc6)ccc(c45)C2=O)C(=O)CCCN(C)C(=O)OCc2ccc(NC(=O)C(CCCNC(N)=O)NC(=O)C(NC(=O)CCCCCN4C(=O)C=CC4=O)C(C)C)cc2)C3=O)C=CCC1. The zero-order valence-corrected chi connectivity index (χ0v) is 58.7. The van der Waals surface area contributed by atoms with Crippen LogP contribution in [-0.2, 0) is 40.1 Å². The molecule has 0 bridgehead atoms. The topological polar surface area (TPSA) is 329 Å². The van der Waals surface area contributed by atoms with Gasteiger partial charge in [-0.1, -0.05) is 68.3 Å². The van der Waals surface area contributed by atoms with Gasteiger partial charge in [0.25, 0.3) is 35.4 Å². The van der Waals surface area contributed by atoms with Crippen molar-refractivity contribution in [1.29, 1.82) is 0 Å². The van der Waals surface area contributed by atoms with Crippen molar-refractivity contribution in [1.82, 2.24) is 54.9 Å². The molecule has 2 atom stereocenters. The smallest absolute Gasteiger partial charge is 0.409 e. The second-order valence-corrected chi connectivity index (χ2v) is 26.6. The average molecular weight is 1410 g/mol. The van der Waals surface area contributed by atoms with E-state index >= 15 is 0 Å². The molecule has 0 aliphatic carbocycles. The molecule has 2 unspecified atom stereocenters. The molecule has 0 saturated carbocycles. The van der Waals surface area contributed by atoms with E-state index in [1.54, 1.807) is 99.1 Å². The van der Waals surface area contributed by atoms with Crippen LogP contribution < -0.4 is 31.9 Å². The third kappa shape index (κ3) is 18.2. The van der Waals surface area contributed by atoms with Crippen LogP contribution in [0.1, 0.15) is 138 Å². The van der Waals surface area contributed by atoms with E-state index in [0.717, 1.165) is 34.5 Å². The summed E-state index contributed by atoms with van der Waals surface area (Å²) < 4.78 is 7.45. The molecule has 0 spiro atoms. The van der Waals surface area contributed by atoms with Gasteiger partial charge in [-0.2, -0.15) is 0 Å². The number of likely N-dealkylation sites (N-methyl/N-ethyl adjacent to an activating group) is 1. The molecule has 10 rings (SSSR count). The van der Waals surface area contributed by atoms with Crippen LogP contribution in [-0.4, -0.2) is 195 Å². The number of benzene rings is 5. The van der Waals surface area contributed by atoms with E-state index in [1.165, 1.54) is 32.4 Å². The molecule has 0 fully saturated rings. The molecule has 27 nitrogen and oxygen atoms in total. The Labute approximate surface area is 597 Å². The number of carbonyl (C=O) groups is 12. The highest BCUT2D eigenvalue weighted by molar-refractivity contribution is 6.28. The number of imidazole rings is 1. The van der Waals surface area contributed by atoms with Gasteiger partial charge in [0.1, 0.15) is 18.7 Å². The maximum atomic E-state index is 14.4. The van der Waals surface area contributed by atoms with Crippen LogP contribution in [0.4, 0.5) is 21.0 Å². The Hall–Kier alpha value is -11.4. The van der Waals surface area contributed by atoms with Crippen LogP contribution >= 0.6 is 0 Å². The normalized spacial score (nSPS) is 14.7. The average Bonchev–Trinajstić information content (AvgIpc) is 1.08. The Bertz CT molecular complexity index is 4280. The van der Waals surface area contributed by atoms with E-state index in [-0.39, 0.29) is 126 Å². The molecule has 1 aromatic heterocycles. The summed E-state index contributed by atoms with van der Waals surface area (Å²) in [7, 11) is 3.41. The number of amides is 13. The van der Waals surface area contributed by atoms with Gasteiger partial charge in [-0.05, 0) is 132 Å². The Kier molecular flexibility index (Phi) is 24.8. The van der Waals surface area contributed by atoms with Crippen LogP contribution in [0.15, 0.2) is 140 Å². The highest BCUT2D eigenvalue weighted by Crippen LogP contribution is 2.38. The summed E-state index contributed by atoms with van der Waals surface area (Å²) in [4.78, 5) is 175. The zero-order chi connectivity index (χ0) is 73.4. The summed E-state index contributed by atoms with van der Waals surface area (Å²) >= 11 is 0. The van der Waals surface area contributed by atoms with Crippen LogP contribution in [0, 0.1) is 5.92 Å². The van der Waals surface area contributed by atoms with Gasteiger partial charge in [0, 0.05) is 159 Å². The number of anilines is 2. The lowest BCUT2D eigenvalue weighted by atomic mass is 9.92. The first-order chi connectivity index (χ1) is 49.6. The van der Waals surface area contributed by atoms with Gasteiger partial charge in [0.2, 0.25) is 23.6 Å². The number of carbonyl (C=O) groups excluding carboxylic acids is 12. The van der Waals surface area contributed by atoms with E-state index in [1.807, 2.05) is 57.9 Å². The molecule has 0 saturated heterocycles. The van der Waals surface area contributed by atoms with Crippen LogP contribution in [0.3, 0.4) is 0 Å². The molecule has 103 heavy (non-hydrogen) atoms.